The van der Waals surface area contributed by atoms with E-state index in [1.807, 2.05) is 13.8 Å². The average molecular weight is 308 g/mol. The molecule has 21 heavy (non-hydrogen) atoms. The van der Waals surface area contributed by atoms with Gasteiger partial charge in [0.25, 0.3) is 0 Å². The van der Waals surface area contributed by atoms with E-state index in [9.17, 15) is 13.2 Å². The zero-order valence-corrected chi connectivity index (χ0v) is 14.1. The molecule has 0 bridgehead atoms. The first-order chi connectivity index (χ1) is 9.54. The number of halogens is 3. The predicted octanol–water partition coefficient (Wildman–Crippen LogP) is 4.06. The highest BCUT2D eigenvalue weighted by Crippen LogP contribution is 2.39. The van der Waals surface area contributed by atoms with E-state index in [2.05, 4.69) is 26.1 Å². The van der Waals surface area contributed by atoms with Gasteiger partial charge in [-0.2, -0.15) is 13.2 Å². The van der Waals surface area contributed by atoms with Crippen molar-refractivity contribution in [1.29, 1.82) is 0 Å². The normalized spacial score (nSPS) is 26.6. The van der Waals surface area contributed by atoms with E-state index in [0.29, 0.717) is 18.5 Å². The highest BCUT2D eigenvalue weighted by molar-refractivity contribution is 4.90. The number of hydrogen-bond acceptors (Lipinski definition) is 2. The minimum absolute atomic E-state index is 0.0843. The van der Waals surface area contributed by atoms with Gasteiger partial charge in [-0.1, -0.05) is 20.8 Å². The van der Waals surface area contributed by atoms with Gasteiger partial charge in [-0.3, -0.25) is 4.90 Å². The second kappa shape index (κ2) is 7.32. The Balaban J connectivity index is 2.76. The van der Waals surface area contributed by atoms with Crippen LogP contribution in [0.3, 0.4) is 0 Å². The first kappa shape index (κ1) is 18.8. The maximum atomic E-state index is 12.8. The van der Waals surface area contributed by atoms with Crippen LogP contribution in [0.15, 0.2) is 0 Å². The average Bonchev–Trinajstić information content (AvgIpc) is 2.29. The summed E-state index contributed by atoms with van der Waals surface area (Å²) in [5, 5.41) is 3.47. The SMILES string of the molecule is CCNC1CCC(C)(C)CC1CN(CC(F)(F)F)C(C)C. The molecular formula is C16H31F3N2. The Hall–Kier alpha value is -0.290. The third-order valence-electron chi connectivity index (χ3n) is 4.56. The van der Waals surface area contributed by atoms with Crippen molar-refractivity contribution in [1.82, 2.24) is 10.2 Å². The lowest BCUT2D eigenvalue weighted by Gasteiger charge is -2.44. The smallest absolute Gasteiger partial charge is 0.314 e. The summed E-state index contributed by atoms with van der Waals surface area (Å²) < 4.78 is 38.3. The molecule has 0 aliphatic heterocycles. The molecular weight excluding hydrogens is 277 g/mol. The van der Waals surface area contributed by atoms with Crippen LogP contribution < -0.4 is 5.32 Å². The van der Waals surface area contributed by atoms with Gasteiger partial charge in [0.2, 0.25) is 0 Å². The molecule has 2 unspecified atom stereocenters. The summed E-state index contributed by atoms with van der Waals surface area (Å²) in [5.41, 5.74) is 0.234. The van der Waals surface area contributed by atoms with Crippen LogP contribution in [0.25, 0.3) is 0 Å². The van der Waals surface area contributed by atoms with Gasteiger partial charge in [0, 0.05) is 18.6 Å². The van der Waals surface area contributed by atoms with Crippen LogP contribution in [-0.4, -0.2) is 42.8 Å². The van der Waals surface area contributed by atoms with E-state index in [1.54, 1.807) is 4.90 Å². The van der Waals surface area contributed by atoms with Crippen LogP contribution in [0.2, 0.25) is 0 Å². The van der Waals surface area contributed by atoms with Crippen LogP contribution in [0.1, 0.15) is 53.9 Å². The minimum Gasteiger partial charge on any atom is -0.314 e. The van der Waals surface area contributed by atoms with E-state index in [4.69, 9.17) is 0 Å². The second-order valence-corrected chi connectivity index (χ2v) is 7.47. The molecule has 1 N–H and O–H groups in total. The Morgan fingerprint density at radius 3 is 2.38 bits per heavy atom. The molecule has 1 rings (SSSR count). The molecule has 0 aromatic carbocycles. The summed E-state index contributed by atoms with van der Waals surface area (Å²) in [6.07, 6.45) is -0.931. The van der Waals surface area contributed by atoms with Crippen molar-refractivity contribution >= 4 is 0 Å². The molecule has 0 heterocycles. The number of rotatable bonds is 6. The van der Waals surface area contributed by atoms with Crippen molar-refractivity contribution in [3.05, 3.63) is 0 Å². The minimum atomic E-state index is -4.12. The van der Waals surface area contributed by atoms with Crippen molar-refractivity contribution in [2.24, 2.45) is 11.3 Å². The fourth-order valence-electron chi connectivity index (χ4n) is 3.45. The van der Waals surface area contributed by atoms with Gasteiger partial charge >= 0.3 is 6.18 Å². The molecule has 5 heteroatoms. The summed E-state index contributed by atoms with van der Waals surface area (Å²) in [6, 6.07) is 0.261. The van der Waals surface area contributed by atoms with Gasteiger partial charge in [-0.25, -0.2) is 0 Å². The third kappa shape index (κ3) is 6.55. The molecule has 0 spiro atoms. The molecule has 0 amide bonds. The monoisotopic (exact) mass is 308 g/mol. The quantitative estimate of drug-likeness (QED) is 0.796. The van der Waals surface area contributed by atoms with Crippen molar-refractivity contribution in [2.75, 3.05) is 19.6 Å². The van der Waals surface area contributed by atoms with E-state index in [0.717, 1.165) is 25.8 Å². The van der Waals surface area contributed by atoms with Gasteiger partial charge in [-0.05, 0) is 51.0 Å². The largest absolute Gasteiger partial charge is 0.401 e. The molecule has 1 fully saturated rings. The number of nitrogens with one attached hydrogen (secondary N) is 1. The molecule has 126 valence electrons. The highest BCUT2D eigenvalue weighted by atomic mass is 19.4. The fourth-order valence-corrected chi connectivity index (χ4v) is 3.45. The van der Waals surface area contributed by atoms with Crippen LogP contribution >= 0.6 is 0 Å². The lowest BCUT2D eigenvalue weighted by atomic mass is 9.69. The van der Waals surface area contributed by atoms with Crippen LogP contribution in [-0.2, 0) is 0 Å². The lowest BCUT2D eigenvalue weighted by molar-refractivity contribution is -0.152. The molecule has 0 aromatic rings. The molecule has 2 nitrogen and oxygen atoms in total. The summed E-state index contributed by atoms with van der Waals surface area (Å²) in [4.78, 5) is 1.58. The molecule has 0 radical (unpaired) electrons. The fraction of sp³-hybridized carbons (Fsp3) is 1.00. The Morgan fingerprint density at radius 2 is 1.90 bits per heavy atom. The van der Waals surface area contributed by atoms with Gasteiger partial charge in [0.05, 0.1) is 6.54 Å². The van der Waals surface area contributed by atoms with Gasteiger partial charge in [-0.15, -0.1) is 0 Å². The van der Waals surface area contributed by atoms with Crippen molar-refractivity contribution in [2.45, 2.75) is 72.1 Å². The summed E-state index contributed by atoms with van der Waals surface area (Å²) >= 11 is 0. The van der Waals surface area contributed by atoms with Crippen molar-refractivity contribution in [3.63, 3.8) is 0 Å². The summed E-state index contributed by atoms with van der Waals surface area (Å²) in [7, 11) is 0. The van der Waals surface area contributed by atoms with Crippen LogP contribution in [0.4, 0.5) is 13.2 Å². The van der Waals surface area contributed by atoms with Gasteiger partial charge < -0.3 is 5.32 Å². The highest BCUT2D eigenvalue weighted by Gasteiger charge is 2.38. The Labute approximate surface area is 127 Å². The standard InChI is InChI=1S/C16H31F3N2/c1-6-20-14-7-8-15(4,5)9-13(14)10-21(12(2)3)11-16(17,18)19/h12-14,20H,6-11H2,1-5H3. The summed E-state index contributed by atoms with van der Waals surface area (Å²) in [6.45, 7) is 10.8. The maximum absolute atomic E-state index is 12.8. The molecule has 0 aromatic heterocycles. The van der Waals surface area contributed by atoms with E-state index >= 15 is 0 Å². The first-order valence-electron chi connectivity index (χ1n) is 8.08. The topological polar surface area (TPSA) is 15.3 Å². The number of hydrogen-bond donors (Lipinski definition) is 1. The molecule has 1 aliphatic rings. The zero-order valence-electron chi connectivity index (χ0n) is 14.1. The lowest BCUT2D eigenvalue weighted by Crippen LogP contribution is -2.50. The molecule has 1 aliphatic carbocycles. The molecule has 2 atom stereocenters. The van der Waals surface area contributed by atoms with E-state index in [-0.39, 0.29) is 11.5 Å². The Bertz CT molecular complexity index is 313. The van der Waals surface area contributed by atoms with Crippen molar-refractivity contribution in [3.8, 4) is 0 Å². The summed E-state index contributed by atoms with van der Waals surface area (Å²) in [5.74, 6) is 0.290. The molecule has 1 saturated carbocycles. The second-order valence-electron chi connectivity index (χ2n) is 7.47. The van der Waals surface area contributed by atoms with E-state index < -0.39 is 12.7 Å². The van der Waals surface area contributed by atoms with Crippen LogP contribution in [0.5, 0.6) is 0 Å². The van der Waals surface area contributed by atoms with E-state index in [1.165, 1.54) is 0 Å². The number of alkyl halides is 3. The Morgan fingerprint density at radius 1 is 1.29 bits per heavy atom. The van der Waals surface area contributed by atoms with Crippen LogP contribution in [0, 0.1) is 11.3 Å². The third-order valence-corrected chi connectivity index (χ3v) is 4.56. The van der Waals surface area contributed by atoms with Gasteiger partial charge in [0.1, 0.15) is 0 Å². The number of nitrogens with zero attached hydrogens (tertiary/aromatic N) is 1. The maximum Gasteiger partial charge on any atom is 0.401 e. The molecule has 0 saturated heterocycles. The predicted molar refractivity (Wildman–Crippen MR) is 81.4 cm³/mol. The van der Waals surface area contributed by atoms with Gasteiger partial charge in [0.15, 0.2) is 0 Å². The first-order valence-corrected chi connectivity index (χ1v) is 8.08. The Kier molecular flexibility index (Phi) is 6.54. The zero-order chi connectivity index (χ0) is 16.3. The van der Waals surface area contributed by atoms with Crippen molar-refractivity contribution < 1.29 is 13.2 Å².